The first-order valence-electron chi connectivity index (χ1n) is 10.4. The topological polar surface area (TPSA) is 63.7 Å². The Labute approximate surface area is 165 Å². The lowest BCUT2D eigenvalue weighted by Crippen LogP contribution is -2.54. The van der Waals surface area contributed by atoms with E-state index in [1.807, 2.05) is 36.4 Å². The van der Waals surface area contributed by atoms with Crippen LogP contribution < -0.4 is 0 Å². The lowest BCUT2D eigenvalue weighted by molar-refractivity contribution is -0.180. The van der Waals surface area contributed by atoms with Gasteiger partial charge in [-0.3, -0.25) is 9.69 Å². The van der Waals surface area contributed by atoms with Crippen molar-refractivity contribution < 1.29 is 13.9 Å². The second-order valence-electron chi connectivity index (χ2n) is 8.32. The molecule has 1 amide bonds. The molecule has 0 aromatic carbocycles. The number of rotatable bonds is 3. The van der Waals surface area contributed by atoms with Crippen molar-refractivity contribution in [1.82, 2.24) is 19.4 Å². The first-order valence-corrected chi connectivity index (χ1v) is 10.4. The zero-order valence-electron chi connectivity index (χ0n) is 16.5. The molecule has 28 heavy (non-hydrogen) atoms. The van der Waals surface area contributed by atoms with Gasteiger partial charge >= 0.3 is 0 Å². The summed E-state index contributed by atoms with van der Waals surface area (Å²) in [5.41, 5.74) is -0.461. The van der Waals surface area contributed by atoms with Crippen LogP contribution in [0, 0.1) is 6.92 Å². The molecule has 2 aromatic heterocycles. The molecule has 1 atom stereocenters. The summed E-state index contributed by atoms with van der Waals surface area (Å²) >= 11 is 0. The fourth-order valence-corrected chi connectivity index (χ4v) is 4.87. The maximum atomic E-state index is 13.0. The number of ether oxygens (including phenoxy) is 1. The highest BCUT2D eigenvalue weighted by Gasteiger charge is 2.47. The van der Waals surface area contributed by atoms with E-state index in [-0.39, 0.29) is 5.91 Å². The largest absolute Gasteiger partial charge is 0.465 e. The molecule has 5 rings (SSSR count). The minimum atomic E-state index is -0.461. The lowest BCUT2D eigenvalue weighted by Gasteiger charge is -2.45. The smallest absolute Gasteiger partial charge is 0.253 e. The van der Waals surface area contributed by atoms with Gasteiger partial charge in [0, 0.05) is 38.6 Å². The predicted octanol–water partition coefficient (Wildman–Crippen LogP) is 2.30. The molecule has 2 aromatic rings. The number of furan rings is 1. The summed E-state index contributed by atoms with van der Waals surface area (Å²) in [6, 6.07) is 4.06. The molecule has 1 spiro atoms. The molecule has 7 nitrogen and oxygen atoms in total. The van der Waals surface area contributed by atoms with E-state index < -0.39 is 11.7 Å². The Morgan fingerprint density at radius 1 is 1.21 bits per heavy atom. The van der Waals surface area contributed by atoms with Crippen LogP contribution in [0.2, 0.25) is 0 Å². The molecular formula is C21H28N4O3. The zero-order valence-corrected chi connectivity index (χ0v) is 16.5. The highest BCUT2D eigenvalue weighted by Crippen LogP contribution is 2.40. The number of hydrogen-bond acceptors (Lipinski definition) is 5. The average molecular weight is 384 g/mol. The number of hydrogen-bond donors (Lipinski definition) is 0. The third-order valence-corrected chi connectivity index (χ3v) is 6.39. The van der Waals surface area contributed by atoms with Gasteiger partial charge in [0.2, 0.25) is 0 Å². The first-order chi connectivity index (χ1) is 13.6. The number of likely N-dealkylation sites (tertiary alicyclic amines) is 2. The summed E-state index contributed by atoms with van der Waals surface area (Å²) in [7, 11) is 0. The van der Waals surface area contributed by atoms with Crippen molar-refractivity contribution in [3.05, 3.63) is 41.9 Å². The summed E-state index contributed by atoms with van der Waals surface area (Å²) in [5, 5.41) is 0. The Morgan fingerprint density at radius 3 is 2.71 bits per heavy atom. The normalized spacial score (nSPS) is 24.6. The van der Waals surface area contributed by atoms with Crippen molar-refractivity contribution in [3.8, 4) is 0 Å². The molecule has 1 unspecified atom stereocenters. The average Bonchev–Trinajstić information content (AvgIpc) is 3.45. The Balaban J connectivity index is 1.31. The minimum absolute atomic E-state index is 0.143. The number of carbonyl (C=O) groups excluding carboxylic acids is 1. The summed E-state index contributed by atoms with van der Waals surface area (Å²) in [4.78, 5) is 22.0. The van der Waals surface area contributed by atoms with Crippen molar-refractivity contribution in [2.45, 2.75) is 57.4 Å². The van der Waals surface area contributed by atoms with Crippen molar-refractivity contribution in [2.75, 3.05) is 26.2 Å². The Morgan fingerprint density at radius 2 is 2.00 bits per heavy atom. The molecule has 150 valence electrons. The van der Waals surface area contributed by atoms with Gasteiger partial charge in [-0.25, -0.2) is 4.98 Å². The van der Waals surface area contributed by atoms with Gasteiger partial charge in [-0.15, -0.1) is 0 Å². The Hall–Kier alpha value is -2.12. The molecule has 5 heterocycles. The van der Waals surface area contributed by atoms with E-state index in [0.29, 0.717) is 6.54 Å². The first kappa shape index (κ1) is 17.9. The summed E-state index contributed by atoms with van der Waals surface area (Å²) in [5.74, 6) is 3.07. The van der Waals surface area contributed by atoms with E-state index in [2.05, 4.69) is 14.5 Å². The van der Waals surface area contributed by atoms with E-state index in [1.165, 1.54) is 0 Å². The van der Waals surface area contributed by atoms with Crippen LogP contribution >= 0.6 is 0 Å². The number of aryl methyl sites for hydroxylation is 1. The van der Waals surface area contributed by atoms with E-state index >= 15 is 0 Å². The quantitative estimate of drug-likeness (QED) is 0.813. The Kier molecular flexibility index (Phi) is 4.51. The van der Waals surface area contributed by atoms with Crippen LogP contribution in [0.1, 0.15) is 43.0 Å². The standard InChI is InChI=1S/C21H28N4O3/c1-16-4-5-17(27-16)14-23-11-6-21(7-12-23)20-22-8-13-25(20)15-18(28-21)19(26)24-9-2-3-10-24/h4-5,8,13,18H,2-3,6-7,9-12,14-15H2,1H3. The second kappa shape index (κ2) is 7.04. The summed E-state index contributed by atoms with van der Waals surface area (Å²) < 4.78 is 14.4. The molecule has 3 aliphatic heterocycles. The van der Waals surface area contributed by atoms with Gasteiger partial charge in [0.25, 0.3) is 5.91 Å². The monoisotopic (exact) mass is 384 g/mol. The molecule has 7 heteroatoms. The van der Waals surface area contributed by atoms with Crippen LogP contribution in [-0.2, 0) is 28.2 Å². The van der Waals surface area contributed by atoms with Crippen molar-refractivity contribution in [1.29, 1.82) is 0 Å². The lowest BCUT2D eigenvalue weighted by atomic mass is 9.88. The third-order valence-electron chi connectivity index (χ3n) is 6.39. The second-order valence-corrected chi connectivity index (χ2v) is 8.32. The van der Waals surface area contributed by atoms with Crippen LogP contribution in [0.3, 0.4) is 0 Å². The van der Waals surface area contributed by atoms with Gasteiger partial charge in [0.05, 0.1) is 13.1 Å². The molecule has 0 bridgehead atoms. The van der Waals surface area contributed by atoms with Gasteiger partial charge in [-0.2, -0.15) is 0 Å². The van der Waals surface area contributed by atoms with E-state index in [0.717, 1.165) is 75.8 Å². The van der Waals surface area contributed by atoms with Gasteiger partial charge in [-0.05, 0) is 44.7 Å². The summed E-state index contributed by atoms with van der Waals surface area (Å²) in [6.07, 6.45) is 7.30. The van der Waals surface area contributed by atoms with Gasteiger partial charge in [0.15, 0.2) is 6.10 Å². The van der Waals surface area contributed by atoms with Crippen molar-refractivity contribution in [3.63, 3.8) is 0 Å². The molecule has 2 fully saturated rings. The molecule has 0 N–H and O–H groups in total. The van der Waals surface area contributed by atoms with Gasteiger partial charge in [-0.1, -0.05) is 0 Å². The number of fused-ring (bicyclic) bond motifs is 2. The van der Waals surface area contributed by atoms with Crippen LogP contribution in [0.5, 0.6) is 0 Å². The number of imidazole rings is 1. The molecule has 0 saturated carbocycles. The Bertz CT molecular complexity index is 843. The zero-order chi connectivity index (χ0) is 19.1. The maximum Gasteiger partial charge on any atom is 0.253 e. The highest BCUT2D eigenvalue weighted by molar-refractivity contribution is 5.81. The fraction of sp³-hybridized carbons (Fsp3) is 0.619. The molecule has 0 radical (unpaired) electrons. The van der Waals surface area contributed by atoms with Gasteiger partial charge in [0.1, 0.15) is 22.9 Å². The highest BCUT2D eigenvalue weighted by atomic mass is 16.5. The van der Waals surface area contributed by atoms with E-state index in [4.69, 9.17) is 9.15 Å². The molecule has 0 aliphatic carbocycles. The number of nitrogens with zero attached hydrogens (tertiary/aromatic N) is 4. The molecule has 3 aliphatic rings. The number of piperidine rings is 1. The van der Waals surface area contributed by atoms with E-state index in [1.54, 1.807) is 0 Å². The predicted molar refractivity (Wildman–Crippen MR) is 103 cm³/mol. The summed E-state index contributed by atoms with van der Waals surface area (Å²) in [6.45, 7) is 6.88. The van der Waals surface area contributed by atoms with Gasteiger partial charge < -0.3 is 18.6 Å². The molecular weight excluding hydrogens is 356 g/mol. The molecule has 2 saturated heterocycles. The van der Waals surface area contributed by atoms with Crippen molar-refractivity contribution in [2.24, 2.45) is 0 Å². The number of amides is 1. The van der Waals surface area contributed by atoms with Crippen LogP contribution in [0.4, 0.5) is 0 Å². The van der Waals surface area contributed by atoms with Crippen LogP contribution in [0.25, 0.3) is 0 Å². The van der Waals surface area contributed by atoms with Crippen LogP contribution in [0.15, 0.2) is 28.9 Å². The minimum Gasteiger partial charge on any atom is -0.465 e. The fourth-order valence-electron chi connectivity index (χ4n) is 4.87. The number of carbonyl (C=O) groups is 1. The van der Waals surface area contributed by atoms with Crippen molar-refractivity contribution >= 4 is 5.91 Å². The van der Waals surface area contributed by atoms with E-state index in [9.17, 15) is 4.79 Å². The maximum absolute atomic E-state index is 13.0. The SMILES string of the molecule is Cc1ccc(CN2CCC3(CC2)OC(C(=O)N2CCCC2)Cn2ccnc23)o1. The number of aromatic nitrogens is 2. The third kappa shape index (κ3) is 3.16. The van der Waals surface area contributed by atoms with Crippen LogP contribution in [-0.4, -0.2) is 57.5 Å².